The zero-order valence-electron chi connectivity index (χ0n) is 15.7. The third-order valence-corrected chi connectivity index (χ3v) is 6.71. The van der Waals surface area contributed by atoms with Crippen LogP contribution in [0.3, 0.4) is 0 Å². The van der Waals surface area contributed by atoms with Gasteiger partial charge < -0.3 is 0 Å². The monoisotopic (exact) mass is 393 g/mol. The number of carbonyl (C=O) groups excluding carboxylic acids is 1. The van der Waals surface area contributed by atoms with Gasteiger partial charge in [0.1, 0.15) is 0 Å². The predicted octanol–water partition coefficient (Wildman–Crippen LogP) is 3.95. The van der Waals surface area contributed by atoms with Gasteiger partial charge in [0.05, 0.1) is 10.9 Å². The number of rotatable bonds is 3. The summed E-state index contributed by atoms with van der Waals surface area (Å²) in [6, 6.07) is 5.79. The summed E-state index contributed by atoms with van der Waals surface area (Å²) in [5, 5.41) is 0.0245. The number of carbonyl (C=O) groups is 1. The van der Waals surface area contributed by atoms with Crippen LogP contribution in [0.15, 0.2) is 29.1 Å². The summed E-state index contributed by atoms with van der Waals surface area (Å²) >= 11 is 0. The minimum atomic E-state index is -4.87. The maximum absolute atomic E-state index is 13.5. The van der Waals surface area contributed by atoms with Crippen LogP contribution in [0.4, 0.5) is 13.2 Å². The molecule has 3 aliphatic rings. The molecule has 2 bridgehead atoms. The van der Waals surface area contributed by atoms with Gasteiger partial charge in [-0.15, -0.1) is 0 Å². The van der Waals surface area contributed by atoms with E-state index in [2.05, 4.69) is 24.3 Å². The van der Waals surface area contributed by atoms with E-state index >= 15 is 0 Å². The number of nitrogens with zero attached hydrogens (tertiary/aromatic N) is 2. The lowest BCUT2D eigenvalue weighted by Crippen LogP contribution is -2.53. The molecule has 2 aromatic rings. The van der Waals surface area contributed by atoms with E-state index in [4.69, 9.17) is 0 Å². The molecule has 0 saturated heterocycles. The lowest BCUT2D eigenvalue weighted by Gasteiger charge is -2.60. The highest BCUT2D eigenvalue weighted by Crippen LogP contribution is 2.61. The summed E-state index contributed by atoms with van der Waals surface area (Å²) in [5.41, 5.74) is 1.35. The minimum Gasteiger partial charge on any atom is -0.273 e. The molecule has 1 amide bonds. The molecule has 150 valence electrons. The number of amides is 1. The van der Waals surface area contributed by atoms with E-state index in [1.807, 2.05) is 0 Å². The summed E-state index contributed by atoms with van der Waals surface area (Å²) in [6.07, 6.45) is -1.77. The van der Waals surface area contributed by atoms with E-state index in [9.17, 15) is 22.8 Å². The van der Waals surface area contributed by atoms with Gasteiger partial charge >= 0.3 is 6.18 Å². The molecular weight excluding hydrogens is 371 g/mol. The van der Waals surface area contributed by atoms with E-state index < -0.39 is 23.5 Å². The largest absolute Gasteiger partial charge is 0.451 e. The van der Waals surface area contributed by atoms with Crippen LogP contribution in [0.1, 0.15) is 45.4 Å². The third-order valence-electron chi connectivity index (χ3n) is 6.71. The number of hydrogen-bond donors (Lipinski definition) is 1. The van der Waals surface area contributed by atoms with Crippen molar-refractivity contribution in [3.8, 4) is 0 Å². The van der Waals surface area contributed by atoms with Crippen LogP contribution < -0.4 is 11.0 Å². The van der Waals surface area contributed by atoms with Gasteiger partial charge in [0.25, 0.3) is 5.56 Å². The molecule has 1 heterocycles. The van der Waals surface area contributed by atoms with Gasteiger partial charge in [0.2, 0.25) is 11.7 Å². The fourth-order valence-corrected chi connectivity index (χ4v) is 5.04. The van der Waals surface area contributed by atoms with Crippen molar-refractivity contribution in [1.82, 2.24) is 9.66 Å². The van der Waals surface area contributed by atoms with Gasteiger partial charge in [-0.05, 0) is 54.6 Å². The van der Waals surface area contributed by atoms with Gasteiger partial charge in [0.15, 0.2) is 0 Å². The van der Waals surface area contributed by atoms with Crippen LogP contribution in [0.5, 0.6) is 0 Å². The molecule has 0 radical (unpaired) electrons. The second kappa shape index (κ2) is 6.32. The van der Waals surface area contributed by atoms with E-state index in [0.717, 1.165) is 19.3 Å². The molecule has 3 atom stereocenters. The smallest absolute Gasteiger partial charge is 0.273 e. The molecule has 28 heavy (non-hydrogen) atoms. The number of aromatic nitrogens is 2. The van der Waals surface area contributed by atoms with Crippen molar-refractivity contribution in [3.05, 3.63) is 40.4 Å². The number of para-hydroxylation sites is 1. The quantitative estimate of drug-likeness (QED) is 0.859. The molecule has 0 spiro atoms. The van der Waals surface area contributed by atoms with Crippen LogP contribution >= 0.6 is 0 Å². The molecule has 1 aromatic heterocycles. The first-order valence-corrected chi connectivity index (χ1v) is 9.48. The fourth-order valence-electron chi connectivity index (χ4n) is 5.04. The van der Waals surface area contributed by atoms with E-state index in [0.29, 0.717) is 11.8 Å². The molecule has 0 unspecified atom stereocenters. The van der Waals surface area contributed by atoms with E-state index in [-0.39, 0.29) is 33.3 Å². The van der Waals surface area contributed by atoms with Gasteiger partial charge in [-0.3, -0.25) is 15.0 Å². The van der Waals surface area contributed by atoms with Crippen LogP contribution in [0.2, 0.25) is 0 Å². The van der Waals surface area contributed by atoms with Gasteiger partial charge in [0, 0.05) is 6.42 Å². The SMILES string of the molecule is CC1(C)[C@H]2CC[C@@H](CC(=O)Nn3c(C(F)(F)F)nc4ccccc4c3=O)[C@H]1C2. The average molecular weight is 393 g/mol. The first-order chi connectivity index (χ1) is 13.1. The molecule has 3 aliphatic carbocycles. The van der Waals surface area contributed by atoms with Crippen molar-refractivity contribution in [1.29, 1.82) is 0 Å². The zero-order valence-corrected chi connectivity index (χ0v) is 15.7. The van der Waals surface area contributed by atoms with Crippen LogP contribution in [0, 0.1) is 23.2 Å². The minimum absolute atomic E-state index is 0.0245. The van der Waals surface area contributed by atoms with Crippen LogP contribution in [0.25, 0.3) is 10.9 Å². The second-order valence-corrected chi connectivity index (χ2v) is 8.53. The highest BCUT2D eigenvalue weighted by atomic mass is 19.4. The average Bonchev–Trinajstić information content (AvgIpc) is 2.63. The number of alkyl halides is 3. The Labute approximate surface area is 159 Å². The summed E-state index contributed by atoms with van der Waals surface area (Å²) in [4.78, 5) is 28.7. The number of benzene rings is 1. The van der Waals surface area contributed by atoms with Crippen LogP contribution in [-0.4, -0.2) is 15.6 Å². The van der Waals surface area contributed by atoms with Gasteiger partial charge in [-0.25, -0.2) is 4.98 Å². The molecule has 8 heteroatoms. The first-order valence-electron chi connectivity index (χ1n) is 9.48. The first kappa shape index (κ1) is 19.0. The van der Waals surface area contributed by atoms with Gasteiger partial charge in [-0.1, -0.05) is 26.0 Å². The fraction of sp³-hybridized carbons (Fsp3) is 0.550. The molecule has 5 nitrogen and oxygen atoms in total. The Balaban J connectivity index is 1.63. The zero-order chi connectivity index (χ0) is 20.3. The molecule has 3 fully saturated rings. The second-order valence-electron chi connectivity index (χ2n) is 8.53. The van der Waals surface area contributed by atoms with Crippen molar-refractivity contribution in [2.24, 2.45) is 23.2 Å². The highest BCUT2D eigenvalue weighted by molar-refractivity contribution is 5.85. The van der Waals surface area contributed by atoms with E-state index in [1.165, 1.54) is 18.2 Å². The summed E-state index contributed by atoms with van der Waals surface area (Å²) < 4.78 is 40.6. The Hall–Kier alpha value is -2.38. The van der Waals surface area contributed by atoms with Crippen molar-refractivity contribution < 1.29 is 18.0 Å². The molecule has 0 aliphatic heterocycles. The van der Waals surface area contributed by atoms with E-state index in [1.54, 1.807) is 6.07 Å². The van der Waals surface area contributed by atoms with Crippen molar-refractivity contribution in [2.75, 3.05) is 5.43 Å². The van der Waals surface area contributed by atoms with Crippen LogP contribution in [-0.2, 0) is 11.0 Å². The molecule has 5 rings (SSSR count). The van der Waals surface area contributed by atoms with Gasteiger partial charge in [-0.2, -0.15) is 17.8 Å². The number of nitrogens with one attached hydrogen (secondary N) is 1. The number of halogens is 3. The van der Waals surface area contributed by atoms with Crippen molar-refractivity contribution in [2.45, 2.75) is 45.7 Å². The lowest BCUT2D eigenvalue weighted by atomic mass is 9.45. The summed E-state index contributed by atoms with van der Waals surface area (Å²) in [7, 11) is 0. The Morgan fingerprint density at radius 2 is 2.00 bits per heavy atom. The Bertz CT molecular complexity index is 994. The van der Waals surface area contributed by atoms with Crippen molar-refractivity contribution >= 4 is 16.8 Å². The summed E-state index contributed by atoms with van der Waals surface area (Å²) in [5.74, 6) is -0.821. The lowest BCUT2D eigenvalue weighted by molar-refractivity contribution is -0.147. The normalized spacial score (nSPS) is 26.0. The Kier molecular flexibility index (Phi) is 4.28. The topological polar surface area (TPSA) is 64.0 Å². The number of hydrogen-bond acceptors (Lipinski definition) is 3. The predicted molar refractivity (Wildman–Crippen MR) is 98.1 cm³/mol. The number of fused-ring (bicyclic) bond motifs is 3. The standard InChI is InChI=1S/C20H22F3N3O2/c1-19(2)12-8-7-11(14(19)10-12)9-16(27)25-26-17(28)13-5-3-4-6-15(13)24-18(26)20(21,22)23/h3-6,11-12,14H,7-10H2,1-2H3,(H,25,27)/t11-,12-,14+/m0/s1. The Morgan fingerprint density at radius 3 is 2.64 bits per heavy atom. The molecule has 1 aromatic carbocycles. The summed E-state index contributed by atoms with van der Waals surface area (Å²) in [6.45, 7) is 4.38. The maximum Gasteiger partial charge on any atom is 0.451 e. The molecule has 1 N–H and O–H groups in total. The molecular formula is C20H22F3N3O2. The van der Waals surface area contributed by atoms with Crippen molar-refractivity contribution in [3.63, 3.8) is 0 Å². The molecule has 3 saturated carbocycles. The highest BCUT2D eigenvalue weighted by Gasteiger charge is 2.54. The Morgan fingerprint density at radius 1 is 1.29 bits per heavy atom. The maximum atomic E-state index is 13.5. The third kappa shape index (κ3) is 2.99.